The van der Waals surface area contributed by atoms with Gasteiger partial charge in [-0.15, -0.1) is 0 Å². The van der Waals surface area contributed by atoms with Gasteiger partial charge in [0.25, 0.3) is 0 Å². The summed E-state index contributed by atoms with van der Waals surface area (Å²) >= 11 is 0. The lowest BCUT2D eigenvalue weighted by Gasteiger charge is -2.41. The molecule has 4 rings (SSSR count). The Balaban J connectivity index is 1.30. The summed E-state index contributed by atoms with van der Waals surface area (Å²) in [6.07, 6.45) is 6.49. The monoisotopic (exact) mass is 332 g/mol. The Morgan fingerprint density at radius 3 is 2.83 bits per heavy atom. The van der Waals surface area contributed by atoms with Crippen molar-refractivity contribution < 1.29 is 9.59 Å². The van der Waals surface area contributed by atoms with Crippen molar-refractivity contribution in [1.82, 2.24) is 24.9 Å². The fraction of sp³-hybridized carbons (Fsp3) is 0.688. The average Bonchev–Trinajstić information content (AvgIpc) is 3.11. The molecule has 1 aromatic rings. The van der Waals surface area contributed by atoms with Crippen LogP contribution in [0.5, 0.6) is 0 Å². The predicted molar refractivity (Wildman–Crippen MR) is 88.9 cm³/mol. The minimum absolute atomic E-state index is 0.0397. The number of nitrogens with one attached hydrogen (secondary N) is 1. The second-order valence-electron chi connectivity index (χ2n) is 7.06. The highest BCUT2D eigenvalue weighted by Gasteiger charge is 2.33. The molecule has 0 aliphatic carbocycles. The number of likely N-dealkylation sites (N-methyl/N-ethyl adjacent to an activating group) is 1. The molecule has 0 radical (unpaired) electrons. The van der Waals surface area contributed by atoms with Crippen molar-refractivity contribution >= 4 is 17.6 Å². The first-order chi connectivity index (χ1) is 11.6. The molecule has 8 nitrogen and oxygen atoms in total. The van der Waals surface area contributed by atoms with E-state index in [-0.39, 0.29) is 18.0 Å². The van der Waals surface area contributed by atoms with Crippen molar-refractivity contribution in [1.29, 1.82) is 0 Å². The Kier molecular flexibility index (Phi) is 3.91. The van der Waals surface area contributed by atoms with E-state index in [1.807, 2.05) is 17.9 Å². The second-order valence-corrected chi connectivity index (χ2v) is 7.06. The molecule has 8 heteroatoms. The summed E-state index contributed by atoms with van der Waals surface area (Å²) in [5.41, 5.74) is 0.877. The van der Waals surface area contributed by atoms with Crippen molar-refractivity contribution in [2.24, 2.45) is 0 Å². The number of amides is 3. The van der Waals surface area contributed by atoms with Gasteiger partial charge < -0.3 is 10.2 Å². The number of carbonyl (C=O) groups is 2. The van der Waals surface area contributed by atoms with E-state index in [0.29, 0.717) is 12.5 Å². The first kappa shape index (κ1) is 15.4. The van der Waals surface area contributed by atoms with Gasteiger partial charge in [0.05, 0.1) is 17.9 Å². The summed E-state index contributed by atoms with van der Waals surface area (Å²) in [4.78, 5) is 29.3. The third kappa shape index (κ3) is 2.86. The SMILES string of the molecule is CN1CCN(c2cnn(C3CN(CC4CCCC(=O)N4)C3)c2)C1=O. The van der Waals surface area contributed by atoms with Gasteiger partial charge >= 0.3 is 6.03 Å². The van der Waals surface area contributed by atoms with Crippen LogP contribution in [-0.4, -0.2) is 77.3 Å². The van der Waals surface area contributed by atoms with Crippen LogP contribution in [0.15, 0.2) is 12.4 Å². The number of nitrogens with zero attached hydrogens (tertiary/aromatic N) is 5. The smallest absolute Gasteiger partial charge is 0.324 e. The number of likely N-dealkylation sites (tertiary alicyclic amines) is 1. The van der Waals surface area contributed by atoms with Crippen LogP contribution in [0.4, 0.5) is 10.5 Å². The first-order valence-corrected chi connectivity index (χ1v) is 8.68. The van der Waals surface area contributed by atoms with E-state index < -0.39 is 0 Å². The van der Waals surface area contributed by atoms with E-state index in [0.717, 1.165) is 51.3 Å². The van der Waals surface area contributed by atoms with Crippen molar-refractivity contribution in [2.45, 2.75) is 31.3 Å². The molecule has 3 amide bonds. The molecule has 130 valence electrons. The standard InChI is InChI=1S/C16H24N6O2/c1-19-5-6-21(16(19)24)13-7-17-22(11-13)14-9-20(10-14)8-12-3-2-4-15(23)18-12/h7,11-12,14H,2-6,8-10H2,1H3,(H,18,23). The zero-order valence-corrected chi connectivity index (χ0v) is 14.0. The summed E-state index contributed by atoms with van der Waals surface area (Å²) < 4.78 is 1.97. The number of anilines is 1. The largest absolute Gasteiger partial charge is 0.352 e. The molecular formula is C16H24N6O2. The van der Waals surface area contributed by atoms with Crippen molar-refractivity contribution in [3.63, 3.8) is 0 Å². The van der Waals surface area contributed by atoms with Gasteiger partial charge in [0.15, 0.2) is 0 Å². The fourth-order valence-corrected chi connectivity index (χ4v) is 3.74. The molecule has 4 heterocycles. The van der Waals surface area contributed by atoms with E-state index in [1.54, 1.807) is 16.0 Å². The first-order valence-electron chi connectivity index (χ1n) is 8.68. The summed E-state index contributed by atoms with van der Waals surface area (Å²) in [7, 11) is 1.82. The van der Waals surface area contributed by atoms with Gasteiger partial charge in [-0.1, -0.05) is 0 Å². The van der Waals surface area contributed by atoms with Crippen LogP contribution in [0.3, 0.4) is 0 Å². The van der Waals surface area contributed by atoms with E-state index in [1.165, 1.54) is 0 Å². The lowest BCUT2D eigenvalue weighted by atomic mass is 10.0. The molecule has 0 bridgehead atoms. The number of hydrogen-bond acceptors (Lipinski definition) is 4. The number of piperidine rings is 1. The molecule has 1 atom stereocenters. The molecule has 3 saturated heterocycles. The topological polar surface area (TPSA) is 73.7 Å². The highest BCUT2D eigenvalue weighted by atomic mass is 16.2. The molecule has 1 N–H and O–H groups in total. The quantitative estimate of drug-likeness (QED) is 0.859. The van der Waals surface area contributed by atoms with E-state index >= 15 is 0 Å². The van der Waals surface area contributed by atoms with Crippen LogP contribution in [0.2, 0.25) is 0 Å². The lowest BCUT2D eigenvalue weighted by Crippen LogP contribution is -2.54. The van der Waals surface area contributed by atoms with Crippen molar-refractivity contribution in [2.75, 3.05) is 44.7 Å². The predicted octanol–water partition coefficient (Wildman–Crippen LogP) is 0.280. The highest BCUT2D eigenvalue weighted by molar-refractivity contribution is 5.93. The Labute approximate surface area is 141 Å². The Hall–Kier alpha value is -2.09. The summed E-state index contributed by atoms with van der Waals surface area (Å²) in [6.45, 7) is 4.29. The maximum atomic E-state index is 12.0. The number of urea groups is 1. The zero-order valence-electron chi connectivity index (χ0n) is 14.0. The minimum Gasteiger partial charge on any atom is -0.352 e. The molecule has 3 aliphatic rings. The van der Waals surface area contributed by atoms with Gasteiger partial charge in [0.2, 0.25) is 5.91 Å². The van der Waals surface area contributed by atoms with Crippen LogP contribution in [0.25, 0.3) is 0 Å². The molecule has 0 aromatic carbocycles. The summed E-state index contributed by atoms with van der Waals surface area (Å²) in [5, 5.41) is 7.51. The normalized spacial score (nSPS) is 26.0. The summed E-state index contributed by atoms with van der Waals surface area (Å²) in [5.74, 6) is 0.181. The van der Waals surface area contributed by atoms with Crippen LogP contribution < -0.4 is 10.2 Å². The van der Waals surface area contributed by atoms with Crippen LogP contribution in [0, 0.1) is 0 Å². The molecule has 3 fully saturated rings. The molecule has 24 heavy (non-hydrogen) atoms. The lowest BCUT2D eigenvalue weighted by molar-refractivity contribution is -0.123. The number of carbonyl (C=O) groups excluding carboxylic acids is 2. The van der Waals surface area contributed by atoms with Gasteiger partial charge in [-0.25, -0.2) is 4.79 Å². The number of hydrogen-bond donors (Lipinski definition) is 1. The van der Waals surface area contributed by atoms with Crippen LogP contribution >= 0.6 is 0 Å². The molecule has 1 aromatic heterocycles. The van der Waals surface area contributed by atoms with Gasteiger partial charge in [-0.3, -0.25) is 19.3 Å². The average molecular weight is 332 g/mol. The molecule has 3 aliphatic heterocycles. The third-order valence-electron chi connectivity index (χ3n) is 5.23. The molecular weight excluding hydrogens is 308 g/mol. The molecule has 0 spiro atoms. The van der Waals surface area contributed by atoms with Crippen molar-refractivity contribution in [3.05, 3.63) is 12.4 Å². The highest BCUT2D eigenvalue weighted by Crippen LogP contribution is 2.25. The van der Waals surface area contributed by atoms with Gasteiger partial charge in [-0.05, 0) is 12.8 Å². The van der Waals surface area contributed by atoms with E-state index in [2.05, 4.69) is 15.3 Å². The molecule has 1 unspecified atom stereocenters. The van der Waals surface area contributed by atoms with Crippen LogP contribution in [-0.2, 0) is 4.79 Å². The zero-order chi connectivity index (χ0) is 16.7. The minimum atomic E-state index is 0.0397. The molecule has 0 saturated carbocycles. The number of rotatable bonds is 4. The fourth-order valence-electron chi connectivity index (χ4n) is 3.74. The van der Waals surface area contributed by atoms with Crippen LogP contribution in [0.1, 0.15) is 25.3 Å². The maximum Gasteiger partial charge on any atom is 0.324 e. The Morgan fingerprint density at radius 1 is 1.29 bits per heavy atom. The van der Waals surface area contributed by atoms with Gasteiger partial charge in [0.1, 0.15) is 0 Å². The number of aromatic nitrogens is 2. The maximum absolute atomic E-state index is 12.0. The third-order valence-corrected chi connectivity index (χ3v) is 5.23. The van der Waals surface area contributed by atoms with Gasteiger partial charge in [-0.2, -0.15) is 5.10 Å². The summed E-state index contributed by atoms with van der Waals surface area (Å²) in [6, 6.07) is 0.685. The van der Waals surface area contributed by atoms with E-state index in [9.17, 15) is 9.59 Å². The second kappa shape index (κ2) is 6.08. The van der Waals surface area contributed by atoms with Gasteiger partial charge in [0, 0.05) is 58.4 Å². The van der Waals surface area contributed by atoms with E-state index in [4.69, 9.17) is 0 Å². The Morgan fingerprint density at radius 2 is 2.12 bits per heavy atom. The van der Waals surface area contributed by atoms with Crippen molar-refractivity contribution in [3.8, 4) is 0 Å². The Bertz CT molecular complexity index is 638.